The molecule has 2 unspecified atom stereocenters. The van der Waals surface area contributed by atoms with Crippen molar-refractivity contribution in [1.82, 2.24) is 9.80 Å². The molecule has 0 heterocycles. The molecule has 17 heavy (non-hydrogen) atoms. The van der Waals surface area contributed by atoms with Crippen molar-refractivity contribution < 1.29 is 0 Å². The van der Waals surface area contributed by atoms with E-state index in [4.69, 9.17) is 0 Å². The van der Waals surface area contributed by atoms with Gasteiger partial charge in [0.2, 0.25) is 0 Å². The molecule has 0 rings (SSSR count). The molecule has 2 heteroatoms. The fraction of sp³-hybridized carbons (Fsp3) is 1.00. The molecule has 0 aliphatic rings. The molecule has 2 atom stereocenters. The van der Waals surface area contributed by atoms with Crippen LogP contribution in [-0.4, -0.2) is 49.1 Å². The lowest BCUT2D eigenvalue weighted by molar-refractivity contribution is 0.0811. The van der Waals surface area contributed by atoms with E-state index in [1.54, 1.807) is 0 Å². The van der Waals surface area contributed by atoms with Gasteiger partial charge in [0.05, 0.1) is 0 Å². The van der Waals surface area contributed by atoms with Crippen LogP contribution in [0.4, 0.5) is 0 Å². The van der Waals surface area contributed by atoms with E-state index in [-0.39, 0.29) is 0 Å². The van der Waals surface area contributed by atoms with Crippen molar-refractivity contribution >= 4 is 0 Å². The van der Waals surface area contributed by atoms with Crippen LogP contribution in [-0.2, 0) is 0 Å². The van der Waals surface area contributed by atoms with E-state index in [9.17, 15) is 0 Å². The molecule has 0 radical (unpaired) electrons. The maximum atomic E-state index is 2.49. The van der Waals surface area contributed by atoms with Crippen LogP contribution in [0, 0.1) is 11.8 Å². The lowest BCUT2D eigenvalue weighted by Crippen LogP contribution is -2.48. The van der Waals surface area contributed by atoms with Gasteiger partial charge in [-0.05, 0) is 59.8 Å². The average molecular weight is 242 g/mol. The van der Waals surface area contributed by atoms with Gasteiger partial charge in [0.25, 0.3) is 0 Å². The van der Waals surface area contributed by atoms with E-state index in [1.807, 2.05) is 0 Å². The molecule has 0 aromatic rings. The minimum atomic E-state index is 0.297. The maximum absolute atomic E-state index is 2.49. The Kier molecular flexibility index (Phi) is 6.71. The first kappa shape index (κ1) is 16.9. The Morgan fingerprint density at radius 2 is 1.41 bits per heavy atom. The summed E-state index contributed by atoms with van der Waals surface area (Å²) < 4.78 is 0. The van der Waals surface area contributed by atoms with Gasteiger partial charge in [0.1, 0.15) is 0 Å². The third-order valence-corrected chi connectivity index (χ3v) is 4.90. The summed E-state index contributed by atoms with van der Waals surface area (Å²) in [7, 11) is 6.65. The summed E-state index contributed by atoms with van der Waals surface area (Å²) in [5.74, 6) is 1.41. The van der Waals surface area contributed by atoms with Crippen LogP contribution in [0.5, 0.6) is 0 Å². The number of rotatable bonds is 7. The molecule has 0 aromatic heterocycles. The number of hydrogen-bond donors (Lipinski definition) is 0. The molecule has 0 fully saturated rings. The first-order chi connectivity index (χ1) is 7.62. The van der Waals surface area contributed by atoms with Crippen LogP contribution in [0.1, 0.15) is 48.0 Å². The predicted octanol–water partition coefficient (Wildman–Crippen LogP) is 3.33. The van der Waals surface area contributed by atoms with Crippen LogP contribution in [0.2, 0.25) is 0 Å². The molecule has 0 spiro atoms. The van der Waals surface area contributed by atoms with Gasteiger partial charge < -0.3 is 9.80 Å². The highest BCUT2D eigenvalue weighted by atomic mass is 15.2. The third-order valence-electron chi connectivity index (χ3n) is 4.90. The summed E-state index contributed by atoms with van der Waals surface area (Å²) in [6, 6.07) is 0.661. The summed E-state index contributed by atoms with van der Waals surface area (Å²) in [4.78, 5) is 4.88. The highest BCUT2D eigenvalue weighted by molar-refractivity contribution is 4.87. The molecule has 0 aliphatic heterocycles. The fourth-order valence-corrected chi connectivity index (χ4v) is 2.14. The van der Waals surface area contributed by atoms with Crippen molar-refractivity contribution in [3.63, 3.8) is 0 Å². The Morgan fingerprint density at radius 3 is 1.71 bits per heavy atom. The Labute approximate surface area is 109 Å². The molecule has 0 amide bonds. The Morgan fingerprint density at radius 1 is 0.941 bits per heavy atom. The Hall–Kier alpha value is -0.0800. The predicted molar refractivity (Wildman–Crippen MR) is 78.5 cm³/mol. The van der Waals surface area contributed by atoms with Gasteiger partial charge in [0.15, 0.2) is 0 Å². The lowest BCUT2D eigenvalue weighted by atomic mass is 9.83. The van der Waals surface area contributed by atoms with E-state index in [1.165, 1.54) is 13.0 Å². The summed E-state index contributed by atoms with van der Waals surface area (Å²) in [6.07, 6.45) is 1.23. The minimum absolute atomic E-state index is 0.297. The van der Waals surface area contributed by atoms with E-state index < -0.39 is 0 Å². The van der Waals surface area contributed by atoms with Crippen molar-refractivity contribution in [3.05, 3.63) is 0 Å². The van der Waals surface area contributed by atoms with Crippen molar-refractivity contribution in [2.45, 2.75) is 59.5 Å². The molecule has 104 valence electrons. The number of nitrogens with zero attached hydrogens (tertiary/aromatic N) is 2. The van der Waals surface area contributed by atoms with Gasteiger partial charge in [0, 0.05) is 11.6 Å². The molecule has 0 saturated heterocycles. The summed E-state index contributed by atoms with van der Waals surface area (Å²) >= 11 is 0. The van der Waals surface area contributed by atoms with Crippen LogP contribution in [0.25, 0.3) is 0 Å². The zero-order valence-corrected chi connectivity index (χ0v) is 13.5. The van der Waals surface area contributed by atoms with E-state index in [2.05, 4.69) is 72.5 Å². The normalized spacial score (nSPS) is 18.2. The maximum Gasteiger partial charge on any atom is 0.0210 e. The molecule has 0 aliphatic carbocycles. The van der Waals surface area contributed by atoms with Crippen LogP contribution in [0.3, 0.4) is 0 Å². The zero-order valence-electron chi connectivity index (χ0n) is 13.5. The van der Waals surface area contributed by atoms with Gasteiger partial charge in [-0.15, -0.1) is 0 Å². The van der Waals surface area contributed by atoms with Crippen molar-refractivity contribution in [2.24, 2.45) is 11.8 Å². The smallest absolute Gasteiger partial charge is 0.0210 e. The highest BCUT2D eigenvalue weighted by Crippen LogP contribution is 2.26. The van der Waals surface area contributed by atoms with Gasteiger partial charge in [-0.3, -0.25) is 0 Å². The van der Waals surface area contributed by atoms with Gasteiger partial charge >= 0.3 is 0 Å². The first-order valence-electron chi connectivity index (χ1n) is 7.00. The van der Waals surface area contributed by atoms with Gasteiger partial charge in [-0.2, -0.15) is 0 Å². The Balaban J connectivity index is 4.42. The average Bonchev–Trinajstić information content (AvgIpc) is 2.23. The topological polar surface area (TPSA) is 6.48 Å². The second-order valence-electron chi connectivity index (χ2n) is 6.62. The number of hydrogen-bond acceptors (Lipinski definition) is 2. The van der Waals surface area contributed by atoms with Crippen molar-refractivity contribution in [3.8, 4) is 0 Å². The van der Waals surface area contributed by atoms with Gasteiger partial charge in [-0.25, -0.2) is 0 Å². The van der Waals surface area contributed by atoms with Crippen molar-refractivity contribution in [2.75, 3.05) is 27.7 Å². The SMILES string of the molecule is CC(C)C(C)N(C)CCC(C)(C(C)C)N(C)C. The summed E-state index contributed by atoms with van der Waals surface area (Å²) in [6.45, 7) is 15.1. The molecule has 0 N–H and O–H groups in total. The second kappa shape index (κ2) is 6.75. The standard InChI is InChI=1S/C15H34N2/c1-12(2)14(5)17(9)11-10-15(6,13(3)4)16(7)8/h12-14H,10-11H2,1-9H3. The van der Waals surface area contributed by atoms with E-state index >= 15 is 0 Å². The van der Waals surface area contributed by atoms with Gasteiger partial charge in [-0.1, -0.05) is 27.7 Å². The first-order valence-corrected chi connectivity index (χ1v) is 7.00. The fourth-order valence-electron chi connectivity index (χ4n) is 2.14. The molecule has 0 aromatic carbocycles. The molecular weight excluding hydrogens is 208 g/mol. The second-order valence-corrected chi connectivity index (χ2v) is 6.62. The minimum Gasteiger partial charge on any atom is -0.304 e. The lowest BCUT2D eigenvalue weighted by Gasteiger charge is -2.42. The highest BCUT2D eigenvalue weighted by Gasteiger charge is 2.31. The van der Waals surface area contributed by atoms with E-state index in [0.29, 0.717) is 17.5 Å². The molecule has 0 saturated carbocycles. The summed E-state index contributed by atoms with van der Waals surface area (Å²) in [5, 5.41) is 0. The zero-order chi connectivity index (χ0) is 13.8. The monoisotopic (exact) mass is 242 g/mol. The third kappa shape index (κ3) is 4.59. The molecular formula is C15H34N2. The molecule has 0 bridgehead atoms. The van der Waals surface area contributed by atoms with Crippen LogP contribution < -0.4 is 0 Å². The van der Waals surface area contributed by atoms with Crippen molar-refractivity contribution in [1.29, 1.82) is 0 Å². The van der Waals surface area contributed by atoms with Crippen LogP contribution in [0.15, 0.2) is 0 Å². The summed E-state index contributed by atoms with van der Waals surface area (Å²) in [5.41, 5.74) is 0.297. The largest absolute Gasteiger partial charge is 0.304 e. The Bertz CT molecular complexity index is 201. The van der Waals surface area contributed by atoms with E-state index in [0.717, 1.165) is 5.92 Å². The quantitative estimate of drug-likeness (QED) is 0.676. The molecule has 2 nitrogen and oxygen atoms in total. The van der Waals surface area contributed by atoms with Crippen LogP contribution >= 0.6 is 0 Å².